The van der Waals surface area contributed by atoms with Crippen LogP contribution in [0.2, 0.25) is 0 Å². The number of benzene rings is 10. The van der Waals surface area contributed by atoms with Crippen molar-refractivity contribution in [2.45, 2.75) is 0 Å². The molecule has 0 aliphatic carbocycles. The lowest BCUT2D eigenvalue weighted by molar-refractivity contribution is 1.18. The lowest BCUT2D eigenvalue weighted by atomic mass is 9.92. The second-order valence-electron chi connectivity index (χ2n) is 16.2. The van der Waals surface area contributed by atoms with Gasteiger partial charge in [-0.3, -0.25) is 0 Å². The molecule has 2 heterocycles. The smallest absolute Gasteiger partial charge is 0.0547 e. The molecule has 12 rings (SSSR count). The molecule has 0 saturated heterocycles. The molecule has 0 amide bonds. The van der Waals surface area contributed by atoms with Crippen LogP contribution in [0.4, 0.5) is 0 Å². The van der Waals surface area contributed by atoms with Gasteiger partial charge in [0.05, 0.1) is 22.1 Å². The molecule has 0 N–H and O–H groups in total. The maximum atomic E-state index is 2.42. The summed E-state index contributed by atoms with van der Waals surface area (Å²) in [7, 11) is 0. The van der Waals surface area contributed by atoms with Gasteiger partial charge in [-0.05, 0) is 141 Å². The second kappa shape index (κ2) is 14.8. The molecular formula is C60H40N2. The summed E-state index contributed by atoms with van der Waals surface area (Å²) in [4.78, 5) is 0. The molecule has 0 aliphatic heterocycles. The molecule has 0 fully saturated rings. The first kappa shape index (κ1) is 35.7. The maximum absolute atomic E-state index is 2.42. The van der Waals surface area contributed by atoms with Crippen molar-refractivity contribution in [2.24, 2.45) is 0 Å². The second-order valence-corrected chi connectivity index (χ2v) is 16.2. The number of aromatic nitrogens is 2. The van der Waals surface area contributed by atoms with Crippen molar-refractivity contribution in [2.75, 3.05) is 0 Å². The Hall–Kier alpha value is -8.20. The lowest BCUT2D eigenvalue weighted by Crippen LogP contribution is -1.94. The van der Waals surface area contributed by atoms with Gasteiger partial charge in [-0.1, -0.05) is 158 Å². The van der Waals surface area contributed by atoms with E-state index in [2.05, 4.69) is 252 Å². The topological polar surface area (TPSA) is 9.86 Å². The average molecular weight is 789 g/mol. The van der Waals surface area contributed by atoms with Gasteiger partial charge < -0.3 is 9.13 Å². The number of nitrogens with zero attached hydrogens (tertiary/aromatic N) is 2. The van der Waals surface area contributed by atoms with Gasteiger partial charge in [-0.2, -0.15) is 0 Å². The molecule has 2 aromatic heterocycles. The normalized spacial score (nSPS) is 11.5. The molecule has 62 heavy (non-hydrogen) atoms. The molecule has 0 bridgehead atoms. The van der Waals surface area contributed by atoms with Crippen molar-refractivity contribution in [3.63, 3.8) is 0 Å². The first-order valence-corrected chi connectivity index (χ1v) is 21.3. The molecule has 0 atom stereocenters. The van der Waals surface area contributed by atoms with Gasteiger partial charge in [0, 0.05) is 32.9 Å². The van der Waals surface area contributed by atoms with Crippen molar-refractivity contribution < 1.29 is 0 Å². The summed E-state index contributed by atoms with van der Waals surface area (Å²) in [5.41, 5.74) is 19.1. The highest BCUT2D eigenvalue weighted by molar-refractivity contribution is 6.13. The minimum atomic E-state index is 1.15. The van der Waals surface area contributed by atoms with E-state index in [1.807, 2.05) is 0 Å². The van der Waals surface area contributed by atoms with Crippen LogP contribution in [0.25, 0.3) is 111 Å². The van der Waals surface area contributed by atoms with Crippen LogP contribution in [0.3, 0.4) is 0 Å². The standard InChI is InChI=1S/C60H40N2/c1-5-16-41(17-6-1)48-35-49(42-18-7-2-8-19-42)37-50(36-48)44-21-15-20-43(34-44)45-29-33-59-56(38-45)54-31-28-47(40-60(54)62(59)52-24-11-4-12-25-52)46-30-32-58-55(39-46)53-26-13-14-27-57(53)61(58)51-22-9-3-10-23-51/h1-40H. The molecule has 0 unspecified atom stereocenters. The van der Waals surface area contributed by atoms with E-state index in [0.29, 0.717) is 0 Å². The van der Waals surface area contributed by atoms with Crippen LogP contribution in [0.5, 0.6) is 0 Å². The summed E-state index contributed by atoms with van der Waals surface area (Å²) in [5.74, 6) is 0. The monoisotopic (exact) mass is 788 g/mol. The highest BCUT2D eigenvalue weighted by Crippen LogP contribution is 2.40. The van der Waals surface area contributed by atoms with Crippen LogP contribution in [-0.2, 0) is 0 Å². The zero-order valence-electron chi connectivity index (χ0n) is 34.0. The quantitative estimate of drug-likeness (QED) is 0.152. The Morgan fingerprint density at radius 1 is 0.177 bits per heavy atom. The van der Waals surface area contributed by atoms with E-state index in [4.69, 9.17) is 0 Å². The van der Waals surface area contributed by atoms with Crippen molar-refractivity contribution in [3.8, 4) is 67.0 Å². The van der Waals surface area contributed by atoms with Gasteiger partial charge in [0.2, 0.25) is 0 Å². The van der Waals surface area contributed by atoms with Crippen molar-refractivity contribution in [1.29, 1.82) is 0 Å². The SMILES string of the molecule is c1ccc(-c2cc(-c3ccccc3)cc(-c3cccc(-c4ccc5c(c4)c4ccc(-c6ccc7c(c6)c6ccccc6n7-c6ccccc6)cc4n5-c4ccccc4)c3)c2)cc1. The highest BCUT2D eigenvalue weighted by Gasteiger charge is 2.17. The Bertz CT molecular complexity index is 3540. The summed E-state index contributed by atoms with van der Waals surface area (Å²) >= 11 is 0. The molecule has 10 aromatic carbocycles. The first-order valence-electron chi connectivity index (χ1n) is 21.3. The Balaban J connectivity index is 0.987. The Labute approximate surface area is 360 Å². The molecular weight excluding hydrogens is 749 g/mol. The Morgan fingerprint density at radius 2 is 0.532 bits per heavy atom. The summed E-state index contributed by atoms with van der Waals surface area (Å²) in [6, 6.07) is 88.5. The minimum absolute atomic E-state index is 1.15. The lowest BCUT2D eigenvalue weighted by Gasteiger charge is -2.13. The fraction of sp³-hybridized carbons (Fsp3) is 0. The number of para-hydroxylation sites is 3. The fourth-order valence-electron chi connectivity index (χ4n) is 9.51. The van der Waals surface area contributed by atoms with E-state index in [-0.39, 0.29) is 0 Å². The van der Waals surface area contributed by atoms with Crippen LogP contribution < -0.4 is 0 Å². The molecule has 290 valence electrons. The molecule has 2 nitrogen and oxygen atoms in total. The third-order valence-corrected chi connectivity index (χ3v) is 12.5. The van der Waals surface area contributed by atoms with Gasteiger partial charge in [-0.25, -0.2) is 0 Å². The van der Waals surface area contributed by atoms with Crippen LogP contribution in [0, 0.1) is 0 Å². The summed E-state index contributed by atoms with van der Waals surface area (Å²) in [5, 5.41) is 4.97. The Kier molecular flexibility index (Phi) is 8.53. The molecule has 12 aromatic rings. The van der Waals surface area contributed by atoms with E-state index < -0.39 is 0 Å². The molecule has 2 heteroatoms. The number of fused-ring (bicyclic) bond motifs is 6. The van der Waals surface area contributed by atoms with Gasteiger partial charge in [0.25, 0.3) is 0 Å². The van der Waals surface area contributed by atoms with E-state index >= 15 is 0 Å². The van der Waals surface area contributed by atoms with Gasteiger partial charge >= 0.3 is 0 Å². The fourth-order valence-corrected chi connectivity index (χ4v) is 9.51. The Morgan fingerprint density at radius 3 is 1.10 bits per heavy atom. The predicted molar refractivity (Wildman–Crippen MR) is 262 cm³/mol. The van der Waals surface area contributed by atoms with E-state index in [1.165, 1.54) is 105 Å². The average Bonchev–Trinajstić information content (AvgIpc) is 3.86. The third-order valence-electron chi connectivity index (χ3n) is 12.5. The van der Waals surface area contributed by atoms with E-state index in [1.54, 1.807) is 0 Å². The summed E-state index contributed by atoms with van der Waals surface area (Å²) in [6.45, 7) is 0. The first-order chi connectivity index (χ1) is 30.7. The number of hydrogen-bond donors (Lipinski definition) is 0. The van der Waals surface area contributed by atoms with Crippen LogP contribution in [-0.4, -0.2) is 9.13 Å². The zero-order chi connectivity index (χ0) is 41.0. The number of rotatable bonds is 7. The van der Waals surface area contributed by atoms with Crippen LogP contribution in [0.15, 0.2) is 243 Å². The van der Waals surface area contributed by atoms with Gasteiger partial charge in [0.15, 0.2) is 0 Å². The van der Waals surface area contributed by atoms with E-state index in [0.717, 1.165) is 5.69 Å². The third kappa shape index (κ3) is 6.12. The van der Waals surface area contributed by atoms with Gasteiger partial charge in [-0.15, -0.1) is 0 Å². The molecule has 0 aliphatic rings. The largest absolute Gasteiger partial charge is 0.309 e. The molecule has 0 spiro atoms. The molecule has 0 saturated carbocycles. The van der Waals surface area contributed by atoms with E-state index in [9.17, 15) is 0 Å². The summed E-state index contributed by atoms with van der Waals surface area (Å²) in [6.07, 6.45) is 0. The minimum Gasteiger partial charge on any atom is -0.309 e. The van der Waals surface area contributed by atoms with Crippen molar-refractivity contribution in [1.82, 2.24) is 9.13 Å². The van der Waals surface area contributed by atoms with Crippen molar-refractivity contribution >= 4 is 43.6 Å². The highest BCUT2D eigenvalue weighted by atomic mass is 15.0. The zero-order valence-corrected chi connectivity index (χ0v) is 34.0. The van der Waals surface area contributed by atoms with Crippen molar-refractivity contribution in [3.05, 3.63) is 243 Å². The van der Waals surface area contributed by atoms with Crippen LogP contribution in [0.1, 0.15) is 0 Å². The van der Waals surface area contributed by atoms with Gasteiger partial charge in [0.1, 0.15) is 0 Å². The van der Waals surface area contributed by atoms with Crippen LogP contribution >= 0.6 is 0 Å². The molecule has 0 radical (unpaired) electrons. The predicted octanol–water partition coefficient (Wildman–Crippen LogP) is 16.2. The maximum Gasteiger partial charge on any atom is 0.0547 e. The number of hydrogen-bond acceptors (Lipinski definition) is 0. The summed E-state index contributed by atoms with van der Waals surface area (Å²) < 4.78 is 4.80.